The first-order valence-corrected chi connectivity index (χ1v) is 12.9. The Morgan fingerprint density at radius 1 is 1.23 bits per heavy atom. The van der Waals surface area contributed by atoms with Crippen molar-refractivity contribution in [2.24, 2.45) is 5.10 Å². The third kappa shape index (κ3) is 6.42. The number of ether oxygens (including phenoxy) is 3. The third-order valence-electron chi connectivity index (χ3n) is 4.96. The van der Waals surface area contributed by atoms with E-state index in [1.807, 2.05) is 19.1 Å². The molecule has 0 atom stereocenters. The van der Waals surface area contributed by atoms with Crippen LogP contribution in [0.1, 0.15) is 38.1 Å². The van der Waals surface area contributed by atoms with Crippen molar-refractivity contribution in [3.63, 3.8) is 0 Å². The number of halogens is 3. The van der Waals surface area contributed by atoms with Gasteiger partial charge in [-0.1, -0.05) is 40.9 Å². The van der Waals surface area contributed by atoms with Crippen molar-refractivity contribution in [3.05, 3.63) is 60.0 Å². The second kappa shape index (κ2) is 12.5. The zero-order valence-corrected chi connectivity index (χ0v) is 23.4. The number of methoxy groups -OCH3 is 1. The maximum Gasteiger partial charge on any atom is 0.343 e. The predicted molar refractivity (Wildman–Crippen MR) is 143 cm³/mol. The van der Waals surface area contributed by atoms with Crippen LogP contribution in [-0.2, 0) is 16.0 Å². The fourth-order valence-corrected chi connectivity index (χ4v) is 4.23. The maximum atomic E-state index is 13.3. The summed E-state index contributed by atoms with van der Waals surface area (Å²) in [4.78, 5) is 29.5. The lowest BCUT2D eigenvalue weighted by molar-refractivity contribution is -0.142. The van der Waals surface area contributed by atoms with Crippen molar-refractivity contribution in [3.8, 4) is 11.5 Å². The van der Waals surface area contributed by atoms with Crippen LogP contribution in [0.2, 0.25) is 5.02 Å². The Balaban J connectivity index is 2.09. The number of aryl methyl sites for hydroxylation is 1. The van der Waals surface area contributed by atoms with Crippen LogP contribution in [0.3, 0.4) is 0 Å². The highest BCUT2D eigenvalue weighted by Gasteiger charge is 2.19. The molecule has 8 nitrogen and oxygen atoms in total. The molecule has 11 heteroatoms. The molecule has 0 bridgehead atoms. The van der Waals surface area contributed by atoms with Gasteiger partial charge in [-0.05, 0) is 53.5 Å². The van der Waals surface area contributed by atoms with Crippen molar-refractivity contribution in [1.29, 1.82) is 0 Å². The number of rotatable bonds is 10. The van der Waals surface area contributed by atoms with Gasteiger partial charge in [0.25, 0.3) is 5.56 Å². The lowest BCUT2D eigenvalue weighted by Gasteiger charge is -2.15. The third-order valence-corrected chi connectivity index (χ3v) is 6.90. The van der Waals surface area contributed by atoms with Gasteiger partial charge in [0.05, 0.1) is 30.8 Å². The topological polar surface area (TPSA) is 92.0 Å². The van der Waals surface area contributed by atoms with Gasteiger partial charge in [-0.15, -0.1) is 0 Å². The fraction of sp³-hybridized carbons (Fsp3) is 0.333. The lowest BCUT2D eigenvalue weighted by atomic mass is 10.2. The zero-order chi connectivity index (χ0) is 25.5. The van der Waals surface area contributed by atoms with Crippen LogP contribution in [0.15, 0.2) is 43.1 Å². The highest BCUT2D eigenvalue weighted by molar-refractivity contribution is 9.10. The molecule has 3 rings (SSSR count). The predicted octanol–water partition coefficient (Wildman–Crippen LogP) is 5.75. The summed E-state index contributed by atoms with van der Waals surface area (Å²) in [5.74, 6) is 0.527. The first-order valence-electron chi connectivity index (χ1n) is 10.9. The monoisotopic (exact) mass is 627 g/mol. The Bertz CT molecular complexity index is 1330. The van der Waals surface area contributed by atoms with Crippen LogP contribution in [0.5, 0.6) is 11.5 Å². The summed E-state index contributed by atoms with van der Waals surface area (Å²) >= 11 is 13.4. The average Bonchev–Trinajstić information content (AvgIpc) is 2.85. The Kier molecular flexibility index (Phi) is 9.71. The molecule has 0 saturated heterocycles. The molecule has 0 unspecified atom stereocenters. The number of carbonyl (C=O) groups is 1. The molecule has 0 aliphatic carbocycles. The van der Waals surface area contributed by atoms with Gasteiger partial charge >= 0.3 is 5.97 Å². The number of aromatic nitrogens is 2. The molecule has 2 aromatic carbocycles. The smallest absolute Gasteiger partial charge is 0.343 e. The van der Waals surface area contributed by atoms with E-state index in [-0.39, 0.29) is 22.9 Å². The van der Waals surface area contributed by atoms with Gasteiger partial charge in [0.1, 0.15) is 10.8 Å². The summed E-state index contributed by atoms with van der Waals surface area (Å²) in [5, 5.41) is 5.12. The Morgan fingerprint density at radius 2 is 2.00 bits per heavy atom. The largest absolute Gasteiger partial charge is 0.490 e. The first-order chi connectivity index (χ1) is 16.8. The number of nitrogens with zero attached hydrogens (tertiary/aromatic N) is 3. The lowest BCUT2D eigenvalue weighted by Crippen LogP contribution is -2.22. The average molecular weight is 630 g/mol. The maximum absolute atomic E-state index is 13.3. The summed E-state index contributed by atoms with van der Waals surface area (Å²) in [6, 6.07) is 7.05. The van der Waals surface area contributed by atoms with Gasteiger partial charge in [0.2, 0.25) is 0 Å². The van der Waals surface area contributed by atoms with Crippen molar-refractivity contribution in [2.45, 2.75) is 33.1 Å². The van der Waals surface area contributed by atoms with Gasteiger partial charge in [0.15, 0.2) is 18.1 Å². The quantitative estimate of drug-likeness (QED) is 0.210. The molecule has 0 spiro atoms. The molecule has 0 aliphatic rings. The fourth-order valence-electron chi connectivity index (χ4n) is 3.22. The number of fused-ring (bicyclic) bond motifs is 1. The molecule has 0 saturated carbocycles. The van der Waals surface area contributed by atoms with E-state index in [2.05, 4.69) is 53.6 Å². The van der Waals surface area contributed by atoms with Gasteiger partial charge in [-0.25, -0.2) is 9.78 Å². The van der Waals surface area contributed by atoms with E-state index < -0.39 is 5.97 Å². The molecule has 35 heavy (non-hydrogen) atoms. The Morgan fingerprint density at radius 3 is 2.69 bits per heavy atom. The summed E-state index contributed by atoms with van der Waals surface area (Å²) in [6.45, 7) is 3.90. The SMILES string of the molecule is CCCCc1nc2ccc(Br)cc2c(=O)n1N=Cc1cc(OCC)c(OCC(=O)OC)c(Cl)c1Br. The molecular weight excluding hydrogens is 606 g/mol. The number of hydrogen-bond acceptors (Lipinski definition) is 7. The zero-order valence-electron chi connectivity index (χ0n) is 19.4. The van der Waals surface area contributed by atoms with Gasteiger partial charge < -0.3 is 14.2 Å². The molecule has 3 aromatic rings. The van der Waals surface area contributed by atoms with E-state index in [4.69, 9.17) is 21.1 Å². The van der Waals surface area contributed by atoms with Crippen LogP contribution in [0, 0.1) is 0 Å². The minimum absolute atomic E-state index is 0.195. The van der Waals surface area contributed by atoms with Crippen LogP contribution >= 0.6 is 43.5 Å². The van der Waals surface area contributed by atoms with E-state index in [1.54, 1.807) is 12.1 Å². The van der Waals surface area contributed by atoms with Crippen molar-refractivity contribution in [2.75, 3.05) is 20.3 Å². The molecule has 186 valence electrons. The highest BCUT2D eigenvalue weighted by Crippen LogP contribution is 2.42. The molecule has 0 amide bonds. The van der Waals surface area contributed by atoms with Crippen LogP contribution in [-0.4, -0.2) is 42.2 Å². The Labute approximate surface area is 224 Å². The first kappa shape index (κ1) is 27.2. The number of benzene rings is 2. The molecule has 1 aromatic heterocycles. The van der Waals surface area contributed by atoms with Crippen LogP contribution < -0.4 is 15.0 Å². The second-order valence-corrected chi connectivity index (χ2v) is 9.46. The number of carbonyl (C=O) groups excluding carboxylic acids is 1. The minimum atomic E-state index is -0.556. The molecule has 1 heterocycles. The summed E-state index contributed by atoms with van der Waals surface area (Å²) < 4.78 is 18.4. The van der Waals surface area contributed by atoms with Crippen molar-refractivity contribution < 1.29 is 19.0 Å². The Hall–Kier alpha value is -2.43. The van der Waals surface area contributed by atoms with Crippen LogP contribution in [0.4, 0.5) is 0 Å². The van der Waals surface area contributed by atoms with Gasteiger partial charge in [-0.3, -0.25) is 4.79 Å². The molecule has 0 fully saturated rings. The molecular formula is C24H24Br2ClN3O5. The van der Waals surface area contributed by atoms with Crippen molar-refractivity contribution >= 4 is 66.5 Å². The van der Waals surface area contributed by atoms with Crippen LogP contribution in [0.25, 0.3) is 10.9 Å². The van der Waals surface area contributed by atoms with E-state index in [0.29, 0.717) is 45.5 Å². The highest BCUT2D eigenvalue weighted by atomic mass is 79.9. The minimum Gasteiger partial charge on any atom is -0.490 e. The summed E-state index contributed by atoms with van der Waals surface area (Å²) in [5.41, 5.74) is 0.890. The number of unbranched alkanes of at least 4 members (excludes halogenated alkanes) is 1. The molecule has 0 N–H and O–H groups in total. The molecule has 0 aliphatic heterocycles. The second-order valence-electron chi connectivity index (χ2n) is 7.37. The van der Waals surface area contributed by atoms with Gasteiger partial charge in [-0.2, -0.15) is 9.78 Å². The van der Waals surface area contributed by atoms with E-state index >= 15 is 0 Å². The number of hydrogen-bond donors (Lipinski definition) is 0. The van der Waals surface area contributed by atoms with Gasteiger partial charge in [0, 0.05) is 20.9 Å². The summed E-state index contributed by atoms with van der Waals surface area (Å²) in [7, 11) is 1.27. The normalized spacial score (nSPS) is 11.3. The molecule has 0 radical (unpaired) electrons. The van der Waals surface area contributed by atoms with Crippen molar-refractivity contribution in [1.82, 2.24) is 9.66 Å². The van der Waals surface area contributed by atoms with E-state index in [1.165, 1.54) is 18.0 Å². The standard InChI is InChI=1S/C24H24Br2ClN3O5/c1-4-6-7-19-29-17-9-8-15(25)11-16(17)24(32)30(19)28-12-14-10-18(34-5-2)23(22(27)21(14)26)35-13-20(31)33-3/h8-12H,4-7,13H2,1-3H3. The van der Waals surface area contributed by atoms with E-state index in [0.717, 1.165) is 17.3 Å². The van der Waals surface area contributed by atoms with E-state index in [9.17, 15) is 9.59 Å². The number of esters is 1. The summed E-state index contributed by atoms with van der Waals surface area (Å²) in [6.07, 6.45) is 3.91.